The molecule has 0 aromatic rings. The molecule has 0 aromatic carbocycles. The van der Waals surface area contributed by atoms with Gasteiger partial charge in [0.2, 0.25) is 0 Å². The van der Waals surface area contributed by atoms with Crippen molar-refractivity contribution in [1.82, 2.24) is 4.90 Å². The first-order chi connectivity index (χ1) is 8.70. The molecule has 0 radical (unpaired) electrons. The molecule has 0 unspecified atom stereocenters. The van der Waals surface area contributed by atoms with Crippen LogP contribution < -0.4 is 0 Å². The van der Waals surface area contributed by atoms with Gasteiger partial charge in [-0.05, 0) is 51.6 Å². The highest BCUT2D eigenvalue weighted by atomic mass is 16.5. The third kappa shape index (κ3) is 3.47. The van der Waals surface area contributed by atoms with Gasteiger partial charge in [-0.25, -0.2) is 0 Å². The highest BCUT2D eigenvalue weighted by Crippen LogP contribution is 2.30. The lowest BCUT2D eigenvalue weighted by Crippen LogP contribution is -2.44. The van der Waals surface area contributed by atoms with E-state index in [2.05, 4.69) is 11.8 Å². The lowest BCUT2D eigenvalue weighted by atomic mass is 9.84. The SMILES string of the molecule is CCOC(=O)C1CCN([C@@H]2CCC[C@@H](C)C2)CC1. The van der Waals surface area contributed by atoms with Crippen LogP contribution in [0.1, 0.15) is 52.4 Å². The molecule has 2 fully saturated rings. The van der Waals surface area contributed by atoms with Gasteiger partial charge < -0.3 is 9.64 Å². The van der Waals surface area contributed by atoms with Crippen molar-refractivity contribution in [2.24, 2.45) is 11.8 Å². The van der Waals surface area contributed by atoms with Gasteiger partial charge >= 0.3 is 5.97 Å². The van der Waals surface area contributed by atoms with Crippen LogP contribution in [0.25, 0.3) is 0 Å². The van der Waals surface area contributed by atoms with E-state index < -0.39 is 0 Å². The van der Waals surface area contributed by atoms with Crippen LogP contribution in [0.15, 0.2) is 0 Å². The van der Waals surface area contributed by atoms with E-state index in [0.717, 1.165) is 37.9 Å². The molecule has 0 N–H and O–H groups in total. The van der Waals surface area contributed by atoms with Crippen molar-refractivity contribution in [3.63, 3.8) is 0 Å². The minimum Gasteiger partial charge on any atom is -0.466 e. The third-order valence-corrected chi connectivity index (χ3v) is 4.57. The normalized spacial score (nSPS) is 31.2. The Kier molecular flexibility index (Phi) is 5.04. The summed E-state index contributed by atoms with van der Waals surface area (Å²) in [6, 6.07) is 0.775. The third-order valence-electron chi connectivity index (χ3n) is 4.57. The summed E-state index contributed by atoms with van der Waals surface area (Å²) in [6.07, 6.45) is 7.46. The van der Waals surface area contributed by atoms with Crippen molar-refractivity contribution in [3.05, 3.63) is 0 Å². The molecule has 1 aliphatic heterocycles. The fourth-order valence-electron chi connectivity index (χ4n) is 3.49. The maximum Gasteiger partial charge on any atom is 0.309 e. The average Bonchev–Trinajstić information content (AvgIpc) is 2.39. The van der Waals surface area contributed by atoms with Crippen LogP contribution in [-0.4, -0.2) is 36.6 Å². The van der Waals surface area contributed by atoms with Crippen LogP contribution in [-0.2, 0) is 9.53 Å². The molecule has 1 saturated carbocycles. The molecular formula is C15H27NO2. The van der Waals surface area contributed by atoms with E-state index in [4.69, 9.17) is 4.74 Å². The zero-order chi connectivity index (χ0) is 13.0. The van der Waals surface area contributed by atoms with Gasteiger partial charge in [-0.2, -0.15) is 0 Å². The molecule has 3 heteroatoms. The number of nitrogens with zero attached hydrogens (tertiary/aromatic N) is 1. The molecule has 0 aromatic heterocycles. The maximum atomic E-state index is 11.7. The first-order valence-corrected chi connectivity index (χ1v) is 7.61. The number of carbonyl (C=O) groups is 1. The van der Waals surface area contributed by atoms with Crippen molar-refractivity contribution >= 4 is 5.97 Å². The van der Waals surface area contributed by atoms with E-state index in [1.807, 2.05) is 6.92 Å². The maximum absolute atomic E-state index is 11.7. The summed E-state index contributed by atoms with van der Waals surface area (Å²) < 4.78 is 5.12. The average molecular weight is 253 g/mol. The van der Waals surface area contributed by atoms with Crippen molar-refractivity contribution in [2.75, 3.05) is 19.7 Å². The fourth-order valence-corrected chi connectivity index (χ4v) is 3.49. The number of piperidine rings is 1. The Morgan fingerprint density at radius 2 is 1.94 bits per heavy atom. The van der Waals surface area contributed by atoms with E-state index in [1.165, 1.54) is 25.7 Å². The second-order valence-corrected chi connectivity index (χ2v) is 5.99. The van der Waals surface area contributed by atoms with Crippen LogP contribution in [0.3, 0.4) is 0 Å². The minimum absolute atomic E-state index is 0.0224. The summed E-state index contributed by atoms with van der Waals surface area (Å²) >= 11 is 0. The van der Waals surface area contributed by atoms with Gasteiger partial charge in [0.25, 0.3) is 0 Å². The van der Waals surface area contributed by atoms with Gasteiger partial charge in [0.05, 0.1) is 12.5 Å². The van der Waals surface area contributed by atoms with Crippen LogP contribution in [0, 0.1) is 11.8 Å². The molecule has 1 heterocycles. The van der Waals surface area contributed by atoms with Gasteiger partial charge in [-0.1, -0.05) is 19.8 Å². The number of ether oxygens (including phenoxy) is 1. The number of carbonyl (C=O) groups excluding carboxylic acids is 1. The topological polar surface area (TPSA) is 29.5 Å². The van der Waals surface area contributed by atoms with E-state index in [9.17, 15) is 4.79 Å². The summed E-state index contributed by atoms with van der Waals surface area (Å²) in [5.74, 6) is 1.06. The molecule has 3 nitrogen and oxygen atoms in total. The number of rotatable bonds is 3. The quantitative estimate of drug-likeness (QED) is 0.724. The second-order valence-electron chi connectivity index (χ2n) is 5.99. The van der Waals surface area contributed by atoms with E-state index in [0.29, 0.717) is 6.61 Å². The van der Waals surface area contributed by atoms with Crippen molar-refractivity contribution in [2.45, 2.75) is 58.4 Å². The lowest BCUT2D eigenvalue weighted by Gasteiger charge is -2.40. The van der Waals surface area contributed by atoms with Gasteiger partial charge in [-0.15, -0.1) is 0 Å². The smallest absolute Gasteiger partial charge is 0.309 e. The first-order valence-electron chi connectivity index (χ1n) is 7.61. The van der Waals surface area contributed by atoms with E-state index in [1.54, 1.807) is 0 Å². The summed E-state index contributed by atoms with van der Waals surface area (Å²) in [5.41, 5.74) is 0. The van der Waals surface area contributed by atoms with E-state index >= 15 is 0 Å². The Morgan fingerprint density at radius 1 is 1.22 bits per heavy atom. The van der Waals surface area contributed by atoms with Crippen molar-refractivity contribution in [3.8, 4) is 0 Å². The molecule has 0 bridgehead atoms. The minimum atomic E-state index is 0.0224. The van der Waals surface area contributed by atoms with Crippen LogP contribution in [0.5, 0.6) is 0 Å². The van der Waals surface area contributed by atoms with Gasteiger partial charge in [0.1, 0.15) is 0 Å². The van der Waals surface area contributed by atoms with Gasteiger partial charge in [-0.3, -0.25) is 4.79 Å². The summed E-state index contributed by atoms with van der Waals surface area (Å²) in [7, 11) is 0. The van der Waals surface area contributed by atoms with Gasteiger partial charge in [0.15, 0.2) is 0 Å². The van der Waals surface area contributed by atoms with Crippen molar-refractivity contribution < 1.29 is 9.53 Å². The Hall–Kier alpha value is -0.570. The van der Waals surface area contributed by atoms with Crippen LogP contribution in [0.2, 0.25) is 0 Å². The highest BCUT2D eigenvalue weighted by molar-refractivity contribution is 5.72. The predicted octanol–water partition coefficient (Wildman–Crippen LogP) is 2.84. The molecule has 2 atom stereocenters. The Morgan fingerprint density at radius 3 is 2.56 bits per heavy atom. The molecule has 0 spiro atoms. The molecule has 104 valence electrons. The molecule has 2 aliphatic rings. The largest absolute Gasteiger partial charge is 0.466 e. The number of esters is 1. The molecule has 18 heavy (non-hydrogen) atoms. The summed E-state index contributed by atoms with van der Waals surface area (Å²) in [5, 5.41) is 0. The Bertz CT molecular complexity index is 272. The second kappa shape index (κ2) is 6.55. The monoisotopic (exact) mass is 253 g/mol. The molecule has 2 rings (SSSR count). The summed E-state index contributed by atoms with van der Waals surface area (Å²) in [4.78, 5) is 14.3. The highest BCUT2D eigenvalue weighted by Gasteiger charge is 2.31. The Balaban J connectivity index is 1.77. The standard InChI is InChI=1S/C15H27NO2/c1-3-18-15(17)13-7-9-16(10-8-13)14-6-4-5-12(2)11-14/h12-14H,3-11H2,1-2H3/t12-,14-/m1/s1. The number of hydrogen-bond acceptors (Lipinski definition) is 3. The Labute approximate surface area is 111 Å². The predicted molar refractivity (Wildman–Crippen MR) is 72.4 cm³/mol. The van der Waals surface area contributed by atoms with Crippen LogP contribution in [0.4, 0.5) is 0 Å². The summed E-state index contributed by atoms with van der Waals surface area (Å²) in [6.45, 7) is 6.94. The molecule has 1 saturated heterocycles. The van der Waals surface area contributed by atoms with E-state index in [-0.39, 0.29) is 11.9 Å². The zero-order valence-electron chi connectivity index (χ0n) is 11.9. The number of likely N-dealkylation sites (tertiary alicyclic amines) is 1. The fraction of sp³-hybridized carbons (Fsp3) is 0.933. The molecule has 1 aliphatic carbocycles. The zero-order valence-corrected chi connectivity index (χ0v) is 11.9. The van der Waals surface area contributed by atoms with Gasteiger partial charge in [0, 0.05) is 6.04 Å². The lowest BCUT2D eigenvalue weighted by molar-refractivity contribution is -0.149. The molecule has 0 amide bonds. The molecular weight excluding hydrogens is 226 g/mol. The number of hydrogen-bond donors (Lipinski definition) is 0. The van der Waals surface area contributed by atoms with Crippen molar-refractivity contribution in [1.29, 1.82) is 0 Å². The first kappa shape index (κ1) is 13.9. The van der Waals surface area contributed by atoms with Crippen LogP contribution >= 0.6 is 0 Å².